The van der Waals surface area contributed by atoms with Gasteiger partial charge >= 0.3 is 0 Å². The van der Waals surface area contributed by atoms with Crippen LogP contribution in [0.25, 0.3) is 0 Å². The number of hydrogen-bond acceptors (Lipinski definition) is 6. The molecule has 3 rings (SSSR count). The van der Waals surface area contributed by atoms with Crippen LogP contribution in [0.15, 0.2) is 12.3 Å². The highest BCUT2D eigenvalue weighted by atomic mass is 35.5. The molecule has 0 amide bonds. The van der Waals surface area contributed by atoms with Crippen LogP contribution in [0.4, 0.5) is 11.9 Å². The van der Waals surface area contributed by atoms with E-state index < -0.39 is 0 Å². The van der Waals surface area contributed by atoms with E-state index in [1.807, 2.05) is 13.1 Å². The Balaban J connectivity index is 1.73. The Bertz CT molecular complexity index is 606. The third kappa shape index (κ3) is 3.41. The lowest BCUT2D eigenvalue weighted by atomic mass is 10.1. The van der Waals surface area contributed by atoms with E-state index in [4.69, 9.17) is 11.6 Å². The number of aryl methyl sites for hydroxylation is 1. The SMILES string of the molecule is Cn1nccc1CNc1nc(Cl)nc(N2CCCCC2)n1. The van der Waals surface area contributed by atoms with Crippen LogP contribution in [-0.4, -0.2) is 37.8 Å². The van der Waals surface area contributed by atoms with E-state index in [1.54, 1.807) is 10.9 Å². The molecule has 1 saturated heterocycles. The molecule has 21 heavy (non-hydrogen) atoms. The van der Waals surface area contributed by atoms with Gasteiger partial charge in [-0.3, -0.25) is 4.68 Å². The minimum atomic E-state index is 0.220. The van der Waals surface area contributed by atoms with Crippen molar-refractivity contribution in [2.75, 3.05) is 23.3 Å². The van der Waals surface area contributed by atoms with Crippen LogP contribution in [0.2, 0.25) is 5.28 Å². The van der Waals surface area contributed by atoms with Gasteiger partial charge < -0.3 is 10.2 Å². The molecule has 1 aliphatic heterocycles. The predicted octanol–water partition coefficient (Wildman–Crippen LogP) is 1.86. The first-order chi connectivity index (χ1) is 10.2. The zero-order valence-electron chi connectivity index (χ0n) is 12.0. The summed E-state index contributed by atoms with van der Waals surface area (Å²) in [6, 6.07) is 1.95. The van der Waals surface area contributed by atoms with Gasteiger partial charge in [0.15, 0.2) is 0 Å². The highest BCUT2D eigenvalue weighted by molar-refractivity contribution is 6.28. The van der Waals surface area contributed by atoms with Crippen molar-refractivity contribution in [2.24, 2.45) is 7.05 Å². The molecule has 0 aromatic carbocycles. The maximum Gasteiger partial charge on any atom is 0.231 e. The summed E-state index contributed by atoms with van der Waals surface area (Å²) in [5, 5.41) is 7.52. The lowest BCUT2D eigenvalue weighted by Gasteiger charge is -2.26. The third-order valence-corrected chi connectivity index (χ3v) is 3.75. The molecule has 1 fully saturated rings. The van der Waals surface area contributed by atoms with Gasteiger partial charge in [0, 0.05) is 26.3 Å². The number of nitrogens with zero attached hydrogens (tertiary/aromatic N) is 6. The fourth-order valence-electron chi connectivity index (χ4n) is 2.40. The molecule has 7 nitrogen and oxygen atoms in total. The van der Waals surface area contributed by atoms with Crippen molar-refractivity contribution in [3.63, 3.8) is 0 Å². The summed E-state index contributed by atoms with van der Waals surface area (Å²) < 4.78 is 1.81. The molecule has 0 spiro atoms. The van der Waals surface area contributed by atoms with Crippen molar-refractivity contribution < 1.29 is 0 Å². The second kappa shape index (κ2) is 6.26. The first kappa shape index (κ1) is 14.1. The zero-order valence-corrected chi connectivity index (χ0v) is 12.7. The van der Waals surface area contributed by atoms with E-state index in [2.05, 4.69) is 30.3 Å². The summed E-state index contributed by atoms with van der Waals surface area (Å²) in [5.41, 5.74) is 1.05. The quantitative estimate of drug-likeness (QED) is 0.929. The largest absolute Gasteiger partial charge is 0.348 e. The van der Waals surface area contributed by atoms with Crippen molar-refractivity contribution >= 4 is 23.5 Å². The molecule has 0 saturated carbocycles. The fraction of sp³-hybridized carbons (Fsp3) is 0.538. The minimum absolute atomic E-state index is 0.220. The lowest BCUT2D eigenvalue weighted by Crippen LogP contribution is -2.31. The Morgan fingerprint density at radius 1 is 1.19 bits per heavy atom. The molecule has 2 aromatic heterocycles. The van der Waals surface area contributed by atoms with Crippen molar-refractivity contribution in [2.45, 2.75) is 25.8 Å². The van der Waals surface area contributed by atoms with Crippen molar-refractivity contribution in [1.29, 1.82) is 0 Å². The predicted molar refractivity (Wildman–Crippen MR) is 81.4 cm³/mol. The van der Waals surface area contributed by atoms with E-state index >= 15 is 0 Å². The van der Waals surface area contributed by atoms with Gasteiger partial charge in [-0.15, -0.1) is 0 Å². The summed E-state index contributed by atoms with van der Waals surface area (Å²) in [6.07, 6.45) is 5.36. The smallest absolute Gasteiger partial charge is 0.231 e. The van der Waals surface area contributed by atoms with Crippen LogP contribution in [0.5, 0.6) is 0 Å². The van der Waals surface area contributed by atoms with Crippen molar-refractivity contribution in [3.05, 3.63) is 23.2 Å². The summed E-state index contributed by atoms with van der Waals surface area (Å²) >= 11 is 6.01. The Labute approximate surface area is 128 Å². The van der Waals surface area contributed by atoms with Crippen LogP contribution < -0.4 is 10.2 Å². The lowest BCUT2D eigenvalue weighted by molar-refractivity contribution is 0.567. The second-order valence-corrected chi connectivity index (χ2v) is 5.41. The normalized spacial score (nSPS) is 15.2. The average Bonchev–Trinajstić information content (AvgIpc) is 2.91. The number of halogens is 1. The molecule has 2 aromatic rings. The summed E-state index contributed by atoms with van der Waals surface area (Å²) in [5.74, 6) is 1.15. The first-order valence-electron chi connectivity index (χ1n) is 7.09. The highest BCUT2D eigenvalue weighted by Gasteiger charge is 2.15. The molecule has 0 bridgehead atoms. The summed E-state index contributed by atoms with van der Waals surface area (Å²) in [6.45, 7) is 2.54. The van der Waals surface area contributed by atoms with Gasteiger partial charge in [-0.05, 0) is 36.9 Å². The average molecular weight is 308 g/mol. The summed E-state index contributed by atoms with van der Waals surface area (Å²) in [4.78, 5) is 15.0. The molecule has 0 atom stereocenters. The van der Waals surface area contributed by atoms with Crippen LogP contribution >= 0.6 is 11.6 Å². The van der Waals surface area contributed by atoms with Crippen LogP contribution in [0.3, 0.4) is 0 Å². The highest BCUT2D eigenvalue weighted by Crippen LogP contribution is 2.18. The van der Waals surface area contributed by atoms with Gasteiger partial charge in [0.1, 0.15) is 0 Å². The Hall–Kier alpha value is -1.89. The van der Waals surface area contributed by atoms with Gasteiger partial charge in [-0.1, -0.05) is 0 Å². The molecule has 0 unspecified atom stereocenters. The van der Waals surface area contributed by atoms with Crippen molar-refractivity contribution in [1.82, 2.24) is 24.7 Å². The van der Waals surface area contributed by atoms with Crippen LogP contribution in [0, 0.1) is 0 Å². The zero-order chi connectivity index (χ0) is 14.7. The number of hydrogen-bond donors (Lipinski definition) is 1. The topological polar surface area (TPSA) is 71.8 Å². The van der Waals surface area contributed by atoms with E-state index in [1.165, 1.54) is 19.3 Å². The Morgan fingerprint density at radius 2 is 2.00 bits per heavy atom. The number of nitrogens with one attached hydrogen (secondary N) is 1. The van der Waals surface area contributed by atoms with E-state index in [-0.39, 0.29) is 5.28 Å². The first-order valence-corrected chi connectivity index (χ1v) is 7.47. The Kier molecular flexibility index (Phi) is 4.19. The van der Waals surface area contributed by atoms with E-state index in [0.717, 1.165) is 18.8 Å². The number of rotatable bonds is 4. The molecular formula is C13H18ClN7. The third-order valence-electron chi connectivity index (χ3n) is 3.59. The Morgan fingerprint density at radius 3 is 2.71 bits per heavy atom. The molecule has 8 heteroatoms. The molecular weight excluding hydrogens is 290 g/mol. The van der Waals surface area contributed by atoms with Gasteiger partial charge in [-0.2, -0.15) is 20.1 Å². The molecule has 1 aliphatic rings. The maximum atomic E-state index is 6.01. The number of piperidine rings is 1. The van der Waals surface area contributed by atoms with Crippen molar-refractivity contribution in [3.8, 4) is 0 Å². The van der Waals surface area contributed by atoms with Crippen LogP contribution in [0.1, 0.15) is 25.0 Å². The monoisotopic (exact) mass is 307 g/mol. The molecule has 112 valence electrons. The van der Waals surface area contributed by atoms with Gasteiger partial charge in [-0.25, -0.2) is 0 Å². The van der Waals surface area contributed by atoms with Crippen LogP contribution in [-0.2, 0) is 13.6 Å². The maximum absolute atomic E-state index is 6.01. The summed E-state index contributed by atoms with van der Waals surface area (Å²) in [7, 11) is 1.90. The van der Waals surface area contributed by atoms with E-state index in [9.17, 15) is 0 Å². The van der Waals surface area contributed by atoms with Gasteiger partial charge in [0.2, 0.25) is 17.2 Å². The molecule has 0 aliphatic carbocycles. The minimum Gasteiger partial charge on any atom is -0.348 e. The fourth-order valence-corrected chi connectivity index (χ4v) is 2.55. The molecule has 3 heterocycles. The molecule has 0 radical (unpaired) electrons. The number of anilines is 2. The van der Waals surface area contributed by atoms with Gasteiger partial charge in [0.25, 0.3) is 0 Å². The van der Waals surface area contributed by atoms with Gasteiger partial charge in [0.05, 0.1) is 12.2 Å². The second-order valence-electron chi connectivity index (χ2n) is 5.08. The molecule has 1 N–H and O–H groups in total. The number of aromatic nitrogens is 5. The van der Waals surface area contributed by atoms with E-state index in [0.29, 0.717) is 18.4 Å². The standard InChI is InChI=1S/C13H18ClN7/c1-20-10(5-6-16-20)9-15-12-17-11(14)18-13(19-12)21-7-3-2-4-8-21/h5-6H,2-4,7-9H2,1H3,(H,15,17,18,19).